The molecule has 2 heterocycles. The molecule has 1 aromatic heterocycles. The van der Waals surface area contributed by atoms with Crippen molar-refractivity contribution >= 4 is 31.9 Å². The van der Waals surface area contributed by atoms with E-state index in [4.69, 9.17) is 18.6 Å². The van der Waals surface area contributed by atoms with Crippen molar-refractivity contribution < 1.29 is 31.8 Å². The lowest BCUT2D eigenvalue weighted by Crippen LogP contribution is -2.47. The SMILES string of the molecule is COc1ccc(CCN(Cc2ccco2)C(=O)CN(CCN2CCOCC2)S(=O)(=O)c2ccc(Br)cc2)cc1OC. The number of ether oxygens (including phenoxy) is 3. The van der Waals surface area contributed by atoms with E-state index in [1.54, 1.807) is 61.8 Å². The van der Waals surface area contributed by atoms with Crippen molar-refractivity contribution in [2.75, 3.05) is 66.7 Å². The first-order valence-corrected chi connectivity index (χ1v) is 15.6. The molecule has 12 heteroatoms. The van der Waals surface area contributed by atoms with Crippen LogP contribution in [0.25, 0.3) is 0 Å². The van der Waals surface area contributed by atoms with Crippen LogP contribution in [0.5, 0.6) is 11.5 Å². The van der Waals surface area contributed by atoms with E-state index in [0.717, 1.165) is 23.1 Å². The monoisotopic (exact) mass is 649 g/mol. The van der Waals surface area contributed by atoms with Crippen LogP contribution in [0.3, 0.4) is 0 Å². The van der Waals surface area contributed by atoms with Gasteiger partial charge in [-0.05, 0) is 60.5 Å². The van der Waals surface area contributed by atoms with Crippen LogP contribution in [-0.4, -0.2) is 95.1 Å². The van der Waals surface area contributed by atoms with Crippen LogP contribution in [-0.2, 0) is 32.5 Å². The number of methoxy groups -OCH3 is 2. The second-order valence-corrected chi connectivity index (χ2v) is 12.4. The summed E-state index contributed by atoms with van der Waals surface area (Å²) < 4.78 is 51.3. The third-order valence-corrected chi connectivity index (χ3v) is 9.32. The van der Waals surface area contributed by atoms with Gasteiger partial charge in [0.1, 0.15) is 5.76 Å². The minimum atomic E-state index is -3.94. The molecular weight excluding hydrogens is 614 g/mol. The molecule has 1 amide bonds. The number of amides is 1. The van der Waals surface area contributed by atoms with Gasteiger partial charge >= 0.3 is 0 Å². The normalized spacial score (nSPS) is 14.2. The van der Waals surface area contributed by atoms with E-state index in [-0.39, 0.29) is 30.4 Å². The van der Waals surface area contributed by atoms with Crippen molar-refractivity contribution in [2.45, 2.75) is 17.9 Å². The summed E-state index contributed by atoms with van der Waals surface area (Å²) in [6, 6.07) is 15.6. The van der Waals surface area contributed by atoms with Crippen molar-refractivity contribution in [2.24, 2.45) is 0 Å². The lowest BCUT2D eigenvalue weighted by atomic mass is 10.1. The summed E-state index contributed by atoms with van der Waals surface area (Å²) in [6.45, 7) is 3.59. The number of sulfonamides is 1. The fourth-order valence-electron chi connectivity index (χ4n) is 4.55. The molecule has 0 unspecified atom stereocenters. The topological polar surface area (TPSA) is 102 Å². The standard InChI is InChI=1S/C29H36BrN3O7S/c1-37-27-10-5-23(20-28(27)38-2)11-12-32(21-25-4-3-17-40-25)29(34)22-33(14-13-31-15-18-39-19-16-31)41(35,36)26-8-6-24(30)7-9-26/h3-10,17,20H,11-16,18-19,21-22H2,1-2H3. The van der Waals surface area contributed by atoms with Crippen molar-refractivity contribution in [1.82, 2.24) is 14.1 Å². The number of nitrogens with zero attached hydrogens (tertiary/aromatic N) is 3. The van der Waals surface area contributed by atoms with Gasteiger partial charge in [-0.3, -0.25) is 9.69 Å². The largest absolute Gasteiger partial charge is 0.493 e. The molecular formula is C29H36BrN3O7S. The molecule has 1 saturated heterocycles. The van der Waals surface area contributed by atoms with E-state index in [0.29, 0.717) is 50.0 Å². The number of furan rings is 1. The molecule has 41 heavy (non-hydrogen) atoms. The summed E-state index contributed by atoms with van der Waals surface area (Å²) in [4.78, 5) is 17.7. The van der Waals surface area contributed by atoms with Crippen molar-refractivity contribution in [3.63, 3.8) is 0 Å². The van der Waals surface area contributed by atoms with Gasteiger partial charge in [-0.15, -0.1) is 0 Å². The minimum Gasteiger partial charge on any atom is -0.493 e. The van der Waals surface area contributed by atoms with Crippen LogP contribution >= 0.6 is 15.9 Å². The van der Waals surface area contributed by atoms with Crippen molar-refractivity contribution in [1.29, 1.82) is 0 Å². The lowest BCUT2D eigenvalue weighted by Gasteiger charge is -2.31. The number of benzene rings is 2. The summed E-state index contributed by atoms with van der Waals surface area (Å²) in [6.07, 6.45) is 2.08. The van der Waals surface area contributed by atoms with Crippen LogP contribution in [0.1, 0.15) is 11.3 Å². The highest BCUT2D eigenvalue weighted by Gasteiger charge is 2.29. The third-order valence-electron chi connectivity index (χ3n) is 6.93. The Morgan fingerprint density at radius 3 is 2.39 bits per heavy atom. The highest BCUT2D eigenvalue weighted by molar-refractivity contribution is 9.10. The molecule has 1 aliphatic rings. The first-order chi connectivity index (χ1) is 19.8. The number of halogens is 1. The summed E-state index contributed by atoms with van der Waals surface area (Å²) in [7, 11) is -0.787. The van der Waals surface area contributed by atoms with Crippen molar-refractivity contribution in [3.8, 4) is 11.5 Å². The summed E-state index contributed by atoms with van der Waals surface area (Å²) in [5, 5.41) is 0. The number of hydrogen-bond acceptors (Lipinski definition) is 8. The molecule has 3 aromatic rings. The molecule has 0 atom stereocenters. The maximum Gasteiger partial charge on any atom is 0.243 e. The van der Waals surface area contributed by atoms with Crippen LogP contribution in [0.15, 0.2) is 74.6 Å². The number of morpholine rings is 1. The summed E-state index contributed by atoms with van der Waals surface area (Å²) in [5.74, 6) is 1.52. The fourth-order valence-corrected chi connectivity index (χ4v) is 6.20. The maximum atomic E-state index is 13.8. The van der Waals surface area contributed by atoms with Gasteiger partial charge in [0.2, 0.25) is 15.9 Å². The van der Waals surface area contributed by atoms with E-state index in [1.165, 1.54) is 4.31 Å². The Morgan fingerprint density at radius 1 is 1.00 bits per heavy atom. The molecule has 0 radical (unpaired) electrons. The molecule has 0 bridgehead atoms. The Balaban J connectivity index is 1.54. The molecule has 0 aliphatic carbocycles. The number of rotatable bonds is 14. The van der Waals surface area contributed by atoms with Gasteiger partial charge in [0, 0.05) is 37.2 Å². The number of hydrogen-bond donors (Lipinski definition) is 0. The van der Waals surface area contributed by atoms with Crippen LogP contribution in [0.2, 0.25) is 0 Å². The van der Waals surface area contributed by atoms with Crippen LogP contribution in [0.4, 0.5) is 0 Å². The molecule has 0 N–H and O–H groups in total. The Hall–Kier alpha value is -2.90. The zero-order valence-corrected chi connectivity index (χ0v) is 25.7. The number of carbonyl (C=O) groups excluding carboxylic acids is 1. The molecule has 0 spiro atoms. The van der Waals surface area contributed by atoms with Gasteiger partial charge in [0.15, 0.2) is 11.5 Å². The average molecular weight is 651 g/mol. The molecule has 10 nitrogen and oxygen atoms in total. The smallest absolute Gasteiger partial charge is 0.243 e. The first-order valence-electron chi connectivity index (χ1n) is 13.4. The van der Waals surface area contributed by atoms with Gasteiger partial charge in [0.25, 0.3) is 0 Å². The first kappa shape index (κ1) is 31.0. The highest BCUT2D eigenvalue weighted by Crippen LogP contribution is 2.28. The van der Waals surface area contributed by atoms with E-state index in [1.807, 2.05) is 18.2 Å². The summed E-state index contributed by atoms with van der Waals surface area (Å²) >= 11 is 3.36. The third kappa shape index (κ3) is 8.55. The van der Waals surface area contributed by atoms with E-state index in [9.17, 15) is 13.2 Å². The van der Waals surface area contributed by atoms with Crippen LogP contribution in [0, 0.1) is 0 Å². The van der Waals surface area contributed by atoms with E-state index >= 15 is 0 Å². The molecule has 0 saturated carbocycles. The Labute approximate surface area is 249 Å². The second-order valence-electron chi connectivity index (χ2n) is 9.58. The number of carbonyl (C=O) groups is 1. The predicted octanol–water partition coefficient (Wildman–Crippen LogP) is 3.65. The zero-order chi connectivity index (χ0) is 29.2. The van der Waals surface area contributed by atoms with E-state index in [2.05, 4.69) is 20.8 Å². The van der Waals surface area contributed by atoms with Gasteiger partial charge in [0.05, 0.1) is 51.7 Å². The Morgan fingerprint density at radius 2 is 1.73 bits per heavy atom. The Bertz CT molecular complexity index is 1360. The highest BCUT2D eigenvalue weighted by atomic mass is 79.9. The van der Waals surface area contributed by atoms with Gasteiger partial charge < -0.3 is 23.5 Å². The quantitative estimate of drug-likeness (QED) is 0.261. The molecule has 2 aromatic carbocycles. The minimum absolute atomic E-state index is 0.137. The molecule has 1 aliphatic heterocycles. The predicted molar refractivity (Wildman–Crippen MR) is 158 cm³/mol. The van der Waals surface area contributed by atoms with E-state index < -0.39 is 10.0 Å². The zero-order valence-electron chi connectivity index (χ0n) is 23.3. The molecule has 4 rings (SSSR count). The fraction of sp³-hybridized carbons (Fsp3) is 0.414. The van der Waals surface area contributed by atoms with Crippen molar-refractivity contribution in [3.05, 3.63) is 76.7 Å². The van der Waals surface area contributed by atoms with Gasteiger partial charge in [-0.1, -0.05) is 22.0 Å². The lowest BCUT2D eigenvalue weighted by molar-refractivity contribution is -0.132. The van der Waals surface area contributed by atoms with Gasteiger partial charge in [-0.2, -0.15) is 4.31 Å². The summed E-state index contributed by atoms with van der Waals surface area (Å²) in [5.41, 5.74) is 0.951. The maximum absolute atomic E-state index is 13.8. The average Bonchev–Trinajstić information content (AvgIpc) is 3.51. The molecule has 1 fully saturated rings. The second kappa shape index (κ2) is 14.8. The molecule has 222 valence electrons. The van der Waals surface area contributed by atoms with Crippen LogP contribution < -0.4 is 9.47 Å². The Kier molecular flexibility index (Phi) is 11.2. The van der Waals surface area contributed by atoms with Gasteiger partial charge in [-0.25, -0.2) is 8.42 Å².